The second kappa shape index (κ2) is 5.98. The first-order valence-corrected chi connectivity index (χ1v) is 7.27. The van der Waals surface area contributed by atoms with Gasteiger partial charge in [0.2, 0.25) is 6.79 Å². The monoisotopic (exact) mass is 322 g/mol. The smallest absolute Gasteiger partial charge is 0.323 e. The summed E-state index contributed by atoms with van der Waals surface area (Å²) in [6.45, 7) is 2.22. The first kappa shape index (κ1) is 14.9. The van der Waals surface area contributed by atoms with Crippen molar-refractivity contribution in [3.63, 3.8) is 0 Å². The maximum atomic E-state index is 11.6. The van der Waals surface area contributed by atoms with Gasteiger partial charge in [-0.25, -0.2) is 4.98 Å². The predicted molar refractivity (Wildman–Crippen MR) is 81.2 cm³/mol. The minimum absolute atomic E-state index is 0.194. The van der Waals surface area contributed by atoms with E-state index in [0.717, 1.165) is 5.39 Å². The van der Waals surface area contributed by atoms with Crippen molar-refractivity contribution in [2.45, 2.75) is 19.4 Å². The summed E-state index contributed by atoms with van der Waals surface area (Å²) in [6, 6.07) is 4.69. The number of halogens is 1. The number of rotatable bonds is 4. The highest BCUT2D eigenvalue weighted by Gasteiger charge is 2.19. The van der Waals surface area contributed by atoms with E-state index in [1.807, 2.05) is 12.1 Å². The zero-order valence-corrected chi connectivity index (χ0v) is 12.7. The summed E-state index contributed by atoms with van der Waals surface area (Å²) in [5.74, 6) is 0.855. The summed E-state index contributed by atoms with van der Waals surface area (Å²) < 4.78 is 15.6. The fourth-order valence-electron chi connectivity index (χ4n) is 2.30. The highest BCUT2D eigenvalue weighted by atomic mass is 35.5. The molecule has 3 rings (SSSR count). The van der Waals surface area contributed by atoms with Crippen molar-refractivity contribution in [2.75, 3.05) is 13.4 Å². The van der Waals surface area contributed by atoms with Gasteiger partial charge in [0.1, 0.15) is 11.2 Å². The normalized spacial score (nSPS) is 14.1. The fraction of sp³-hybridized carbons (Fsp3) is 0.333. The largest absolute Gasteiger partial charge is 0.465 e. The van der Waals surface area contributed by atoms with Crippen LogP contribution >= 0.6 is 11.6 Å². The van der Waals surface area contributed by atoms with Crippen molar-refractivity contribution in [1.29, 1.82) is 0 Å². The number of carbonyl (C=O) groups is 1. The van der Waals surface area contributed by atoms with Crippen LogP contribution in [0.15, 0.2) is 18.2 Å². The van der Waals surface area contributed by atoms with E-state index in [1.54, 1.807) is 13.0 Å². The molecule has 116 valence electrons. The van der Waals surface area contributed by atoms with Gasteiger partial charge < -0.3 is 19.9 Å². The molecule has 22 heavy (non-hydrogen) atoms. The highest BCUT2D eigenvalue weighted by Crippen LogP contribution is 2.36. The van der Waals surface area contributed by atoms with Crippen LogP contribution in [0.5, 0.6) is 11.5 Å². The van der Waals surface area contributed by atoms with Crippen LogP contribution in [0.25, 0.3) is 10.9 Å². The van der Waals surface area contributed by atoms with Gasteiger partial charge in [-0.05, 0) is 24.6 Å². The lowest BCUT2D eigenvalue weighted by Gasteiger charge is -2.12. The van der Waals surface area contributed by atoms with Crippen LogP contribution in [0.4, 0.5) is 0 Å². The van der Waals surface area contributed by atoms with Crippen LogP contribution in [-0.4, -0.2) is 30.4 Å². The quantitative estimate of drug-likeness (QED) is 0.685. The summed E-state index contributed by atoms with van der Waals surface area (Å²) in [6.07, 6.45) is 0.259. The third-order valence-corrected chi connectivity index (χ3v) is 3.69. The predicted octanol–water partition coefficient (Wildman–Crippen LogP) is 2.05. The van der Waals surface area contributed by atoms with Gasteiger partial charge in [-0.2, -0.15) is 0 Å². The fourth-order valence-corrected chi connectivity index (χ4v) is 2.52. The van der Waals surface area contributed by atoms with E-state index >= 15 is 0 Å². The second-order valence-electron chi connectivity index (χ2n) is 4.90. The van der Waals surface area contributed by atoms with Crippen LogP contribution in [0.2, 0.25) is 5.15 Å². The molecule has 0 saturated carbocycles. The molecule has 0 radical (unpaired) electrons. The van der Waals surface area contributed by atoms with E-state index < -0.39 is 12.0 Å². The molecule has 0 spiro atoms. The second-order valence-corrected chi connectivity index (χ2v) is 5.26. The first-order chi connectivity index (χ1) is 10.6. The van der Waals surface area contributed by atoms with Gasteiger partial charge in [0.25, 0.3) is 0 Å². The summed E-state index contributed by atoms with van der Waals surface area (Å²) in [4.78, 5) is 16.0. The van der Waals surface area contributed by atoms with Gasteiger partial charge in [-0.1, -0.05) is 11.6 Å². The van der Waals surface area contributed by atoms with Gasteiger partial charge in [-0.15, -0.1) is 0 Å². The SMILES string of the molecule is CCOC(=O)C(N)Cc1cc2cc3c(cc2nc1Cl)OCO3. The Kier molecular flexibility index (Phi) is 4.04. The standard InChI is InChI=1S/C15H15ClN2O4/c1-2-20-15(19)10(17)4-9-3-8-5-12-13(22-7-21-12)6-11(8)18-14(9)16/h3,5-6,10H,2,4,7,17H2,1H3. The zero-order valence-electron chi connectivity index (χ0n) is 12.0. The average Bonchev–Trinajstić information content (AvgIpc) is 2.93. The Morgan fingerprint density at radius 3 is 2.86 bits per heavy atom. The van der Waals surface area contributed by atoms with E-state index in [1.165, 1.54) is 0 Å². The van der Waals surface area contributed by atoms with Crippen molar-refractivity contribution in [2.24, 2.45) is 5.73 Å². The Bertz CT molecular complexity index is 735. The van der Waals surface area contributed by atoms with Gasteiger partial charge in [-0.3, -0.25) is 4.79 Å². The van der Waals surface area contributed by atoms with E-state index in [4.69, 9.17) is 31.5 Å². The molecule has 7 heteroatoms. The van der Waals surface area contributed by atoms with Crippen LogP contribution < -0.4 is 15.2 Å². The number of benzene rings is 1. The maximum absolute atomic E-state index is 11.6. The van der Waals surface area contributed by atoms with Crippen LogP contribution in [0.1, 0.15) is 12.5 Å². The van der Waals surface area contributed by atoms with Crippen LogP contribution in [-0.2, 0) is 16.0 Å². The maximum Gasteiger partial charge on any atom is 0.323 e. The minimum atomic E-state index is -0.772. The van der Waals surface area contributed by atoms with Crippen molar-refractivity contribution in [3.8, 4) is 11.5 Å². The van der Waals surface area contributed by atoms with Gasteiger partial charge >= 0.3 is 5.97 Å². The number of hydrogen-bond acceptors (Lipinski definition) is 6. The number of pyridine rings is 1. The van der Waals surface area contributed by atoms with E-state index in [0.29, 0.717) is 34.3 Å². The molecule has 0 saturated heterocycles. The molecule has 0 amide bonds. The Labute approximate surface area is 132 Å². The zero-order chi connectivity index (χ0) is 15.7. The van der Waals surface area contributed by atoms with Gasteiger partial charge in [0.15, 0.2) is 11.5 Å². The lowest BCUT2D eigenvalue weighted by molar-refractivity contribution is -0.144. The molecule has 1 aliphatic heterocycles. The number of esters is 1. The molecular formula is C15H15ClN2O4. The molecule has 0 fully saturated rings. The molecular weight excluding hydrogens is 308 g/mol. The molecule has 2 heterocycles. The number of nitrogens with two attached hydrogens (primary N) is 1. The summed E-state index contributed by atoms with van der Waals surface area (Å²) >= 11 is 6.19. The number of ether oxygens (including phenoxy) is 3. The van der Waals surface area contributed by atoms with Gasteiger partial charge in [0, 0.05) is 17.9 Å². The highest BCUT2D eigenvalue weighted by molar-refractivity contribution is 6.30. The summed E-state index contributed by atoms with van der Waals surface area (Å²) in [7, 11) is 0. The van der Waals surface area contributed by atoms with Crippen molar-refractivity contribution < 1.29 is 19.0 Å². The third kappa shape index (κ3) is 2.80. The Hall–Kier alpha value is -2.05. The Morgan fingerprint density at radius 2 is 2.14 bits per heavy atom. The molecule has 1 aromatic heterocycles. The van der Waals surface area contributed by atoms with E-state index in [2.05, 4.69) is 4.98 Å². The first-order valence-electron chi connectivity index (χ1n) is 6.89. The summed E-state index contributed by atoms with van der Waals surface area (Å²) in [5, 5.41) is 1.16. The third-order valence-electron chi connectivity index (χ3n) is 3.36. The molecule has 1 unspecified atom stereocenters. The Morgan fingerprint density at radius 1 is 1.41 bits per heavy atom. The topological polar surface area (TPSA) is 83.7 Å². The minimum Gasteiger partial charge on any atom is -0.465 e. The number of fused-ring (bicyclic) bond motifs is 2. The number of nitrogens with zero attached hydrogens (tertiary/aromatic N) is 1. The van der Waals surface area contributed by atoms with Crippen molar-refractivity contribution >= 4 is 28.5 Å². The molecule has 0 aliphatic carbocycles. The Balaban J connectivity index is 1.92. The average molecular weight is 323 g/mol. The molecule has 2 aromatic rings. The van der Waals surface area contributed by atoms with Gasteiger partial charge in [0.05, 0.1) is 12.1 Å². The molecule has 0 bridgehead atoms. The molecule has 1 aliphatic rings. The van der Waals surface area contributed by atoms with Crippen molar-refractivity contribution in [3.05, 3.63) is 28.9 Å². The molecule has 1 aromatic carbocycles. The molecule has 6 nitrogen and oxygen atoms in total. The van der Waals surface area contributed by atoms with E-state index in [-0.39, 0.29) is 13.2 Å². The van der Waals surface area contributed by atoms with E-state index in [9.17, 15) is 4.79 Å². The lowest BCUT2D eigenvalue weighted by Crippen LogP contribution is -2.34. The van der Waals surface area contributed by atoms with Crippen LogP contribution in [0.3, 0.4) is 0 Å². The number of carbonyl (C=O) groups excluding carboxylic acids is 1. The number of hydrogen-bond donors (Lipinski definition) is 1. The van der Waals surface area contributed by atoms with Crippen molar-refractivity contribution in [1.82, 2.24) is 4.98 Å². The number of aromatic nitrogens is 1. The lowest BCUT2D eigenvalue weighted by atomic mass is 10.1. The molecule has 1 atom stereocenters. The summed E-state index contributed by atoms with van der Waals surface area (Å²) in [5.41, 5.74) is 7.22. The van der Waals surface area contributed by atoms with Crippen LogP contribution in [0, 0.1) is 0 Å². The molecule has 2 N–H and O–H groups in total.